The van der Waals surface area contributed by atoms with Gasteiger partial charge in [0.2, 0.25) is 5.91 Å². The molecule has 0 spiro atoms. The lowest BCUT2D eigenvalue weighted by Gasteiger charge is -2.33. The van der Waals surface area contributed by atoms with Gasteiger partial charge in [-0.25, -0.2) is 0 Å². The number of nitriles is 1. The fourth-order valence-corrected chi connectivity index (χ4v) is 2.41. The molecule has 1 amide bonds. The Morgan fingerprint density at radius 3 is 2.67 bits per heavy atom. The molecule has 0 radical (unpaired) electrons. The third kappa shape index (κ3) is 4.28. The van der Waals surface area contributed by atoms with Gasteiger partial charge < -0.3 is 14.9 Å². The molecule has 5 heteroatoms. The van der Waals surface area contributed by atoms with Crippen LogP contribution in [0.2, 0.25) is 0 Å². The first-order chi connectivity index (χ1) is 8.72. The number of nitrogens with zero attached hydrogens (tertiary/aromatic N) is 3. The Bertz CT molecular complexity index is 293. The van der Waals surface area contributed by atoms with E-state index < -0.39 is 0 Å². The maximum atomic E-state index is 12.2. The number of carbonyl (C=O) groups excluding carboxylic acids is 1. The quantitative estimate of drug-likeness (QED) is 0.746. The monoisotopic (exact) mass is 253 g/mol. The van der Waals surface area contributed by atoms with Crippen LogP contribution in [-0.2, 0) is 4.79 Å². The second-order valence-corrected chi connectivity index (χ2v) is 4.67. The number of piperidine rings is 1. The lowest BCUT2D eigenvalue weighted by atomic mass is 9.95. The largest absolute Gasteiger partial charge is 0.395 e. The molecule has 1 fully saturated rings. The standard InChI is InChI=1S/C13H23N3O2/c1-2-16(10-11-17)13(18)12-4-8-15(9-5-12)7-3-6-14/h12,17H,2-5,7-11H2,1H3. The number of amides is 1. The molecule has 0 aromatic heterocycles. The van der Waals surface area contributed by atoms with Crippen LogP contribution in [-0.4, -0.2) is 60.1 Å². The minimum atomic E-state index is 0.0284. The molecule has 0 aromatic rings. The molecule has 0 aliphatic carbocycles. The molecule has 0 unspecified atom stereocenters. The predicted octanol–water partition coefficient (Wildman–Crippen LogP) is 0.453. The SMILES string of the molecule is CCN(CCO)C(=O)C1CCN(CCC#N)CC1. The highest BCUT2D eigenvalue weighted by Crippen LogP contribution is 2.19. The van der Waals surface area contributed by atoms with Crippen molar-refractivity contribution in [2.75, 3.05) is 39.3 Å². The molecule has 5 nitrogen and oxygen atoms in total. The zero-order chi connectivity index (χ0) is 13.4. The van der Waals surface area contributed by atoms with Crippen LogP contribution in [0.1, 0.15) is 26.2 Å². The first kappa shape index (κ1) is 14.9. The molecule has 1 N–H and O–H groups in total. The molecule has 1 heterocycles. The van der Waals surface area contributed by atoms with Crippen LogP contribution < -0.4 is 0 Å². The third-order valence-corrected chi connectivity index (χ3v) is 3.54. The van der Waals surface area contributed by atoms with Crippen molar-refractivity contribution in [3.8, 4) is 6.07 Å². The van der Waals surface area contributed by atoms with Gasteiger partial charge >= 0.3 is 0 Å². The normalized spacial score (nSPS) is 17.4. The summed E-state index contributed by atoms with van der Waals surface area (Å²) in [5.74, 6) is 0.265. The van der Waals surface area contributed by atoms with Gasteiger partial charge in [0.1, 0.15) is 0 Å². The molecule has 0 atom stereocenters. The van der Waals surface area contributed by atoms with Gasteiger partial charge in [-0.3, -0.25) is 4.79 Å². The van der Waals surface area contributed by atoms with E-state index >= 15 is 0 Å². The molecular formula is C13H23N3O2. The molecule has 0 aromatic carbocycles. The summed E-state index contributed by atoms with van der Waals surface area (Å²) in [6.45, 7) is 5.67. The van der Waals surface area contributed by atoms with E-state index in [-0.39, 0.29) is 18.4 Å². The molecule has 102 valence electrons. The maximum absolute atomic E-state index is 12.2. The summed E-state index contributed by atoms with van der Waals surface area (Å²) in [5, 5.41) is 17.5. The minimum Gasteiger partial charge on any atom is -0.395 e. The Morgan fingerprint density at radius 1 is 1.50 bits per heavy atom. The number of aliphatic hydroxyl groups excluding tert-OH is 1. The third-order valence-electron chi connectivity index (χ3n) is 3.54. The van der Waals surface area contributed by atoms with Gasteiger partial charge in [0, 0.05) is 32.0 Å². The number of aliphatic hydroxyl groups is 1. The Labute approximate surface area is 109 Å². The summed E-state index contributed by atoms with van der Waals surface area (Å²) in [6.07, 6.45) is 2.29. The molecular weight excluding hydrogens is 230 g/mol. The van der Waals surface area contributed by atoms with Gasteiger partial charge in [0.15, 0.2) is 0 Å². The minimum absolute atomic E-state index is 0.0284. The van der Waals surface area contributed by atoms with E-state index in [1.807, 2.05) is 6.92 Å². The van der Waals surface area contributed by atoms with E-state index in [9.17, 15) is 4.79 Å². The van der Waals surface area contributed by atoms with Gasteiger partial charge in [-0.1, -0.05) is 0 Å². The zero-order valence-electron chi connectivity index (χ0n) is 11.1. The molecule has 0 bridgehead atoms. The van der Waals surface area contributed by atoms with Crippen LogP contribution in [0.4, 0.5) is 0 Å². The molecule has 1 saturated heterocycles. The molecule has 0 saturated carbocycles. The lowest BCUT2D eigenvalue weighted by Crippen LogP contribution is -2.43. The number of carbonyl (C=O) groups is 1. The van der Waals surface area contributed by atoms with Gasteiger partial charge in [-0.05, 0) is 32.9 Å². The van der Waals surface area contributed by atoms with Gasteiger partial charge in [-0.15, -0.1) is 0 Å². The van der Waals surface area contributed by atoms with Crippen molar-refractivity contribution in [1.29, 1.82) is 5.26 Å². The average Bonchev–Trinajstić information content (AvgIpc) is 2.42. The average molecular weight is 253 g/mol. The second-order valence-electron chi connectivity index (χ2n) is 4.67. The first-order valence-corrected chi connectivity index (χ1v) is 6.71. The highest BCUT2D eigenvalue weighted by molar-refractivity contribution is 5.78. The Morgan fingerprint density at radius 2 is 2.17 bits per heavy atom. The lowest BCUT2D eigenvalue weighted by molar-refractivity contribution is -0.137. The van der Waals surface area contributed by atoms with Crippen LogP contribution in [0, 0.1) is 17.2 Å². The summed E-state index contributed by atoms with van der Waals surface area (Å²) in [5.41, 5.74) is 0. The van der Waals surface area contributed by atoms with Crippen LogP contribution in [0.25, 0.3) is 0 Å². The second kappa shape index (κ2) is 8.06. The maximum Gasteiger partial charge on any atom is 0.225 e. The Kier molecular flexibility index (Phi) is 6.69. The number of hydrogen-bond acceptors (Lipinski definition) is 4. The highest BCUT2D eigenvalue weighted by Gasteiger charge is 2.27. The zero-order valence-corrected chi connectivity index (χ0v) is 11.1. The van der Waals surface area contributed by atoms with E-state index in [0.29, 0.717) is 19.5 Å². The van der Waals surface area contributed by atoms with Crippen molar-refractivity contribution in [3.05, 3.63) is 0 Å². The smallest absolute Gasteiger partial charge is 0.225 e. The number of likely N-dealkylation sites (N-methyl/N-ethyl adjacent to an activating group) is 1. The summed E-state index contributed by atoms with van der Waals surface area (Å²) in [6, 6.07) is 2.15. The van der Waals surface area contributed by atoms with Gasteiger partial charge in [0.25, 0.3) is 0 Å². The highest BCUT2D eigenvalue weighted by atomic mass is 16.3. The van der Waals surface area contributed by atoms with Crippen molar-refractivity contribution in [1.82, 2.24) is 9.80 Å². The van der Waals surface area contributed by atoms with Crippen LogP contribution >= 0.6 is 0 Å². The predicted molar refractivity (Wildman–Crippen MR) is 68.7 cm³/mol. The first-order valence-electron chi connectivity index (χ1n) is 6.71. The van der Waals surface area contributed by atoms with Crippen molar-refractivity contribution < 1.29 is 9.90 Å². The van der Waals surface area contributed by atoms with E-state index in [1.165, 1.54) is 0 Å². The van der Waals surface area contributed by atoms with Crippen molar-refractivity contribution >= 4 is 5.91 Å². The molecule has 1 rings (SSSR count). The fraction of sp³-hybridized carbons (Fsp3) is 0.846. The van der Waals surface area contributed by atoms with Crippen molar-refractivity contribution in [2.24, 2.45) is 5.92 Å². The summed E-state index contributed by atoms with van der Waals surface area (Å²) >= 11 is 0. The number of likely N-dealkylation sites (tertiary alicyclic amines) is 1. The number of hydrogen-bond donors (Lipinski definition) is 1. The van der Waals surface area contributed by atoms with Crippen LogP contribution in [0.15, 0.2) is 0 Å². The topological polar surface area (TPSA) is 67.6 Å². The van der Waals surface area contributed by atoms with Crippen molar-refractivity contribution in [2.45, 2.75) is 26.2 Å². The molecule has 1 aliphatic heterocycles. The van der Waals surface area contributed by atoms with E-state index in [0.717, 1.165) is 32.5 Å². The molecule has 18 heavy (non-hydrogen) atoms. The summed E-state index contributed by atoms with van der Waals surface area (Å²) in [4.78, 5) is 16.2. The van der Waals surface area contributed by atoms with Gasteiger partial charge in [-0.2, -0.15) is 5.26 Å². The van der Waals surface area contributed by atoms with E-state index in [2.05, 4.69) is 11.0 Å². The van der Waals surface area contributed by atoms with Crippen LogP contribution in [0.5, 0.6) is 0 Å². The summed E-state index contributed by atoms with van der Waals surface area (Å²) < 4.78 is 0. The summed E-state index contributed by atoms with van der Waals surface area (Å²) in [7, 11) is 0. The molecule has 1 aliphatic rings. The van der Waals surface area contributed by atoms with Gasteiger partial charge in [0.05, 0.1) is 12.7 Å². The Hall–Kier alpha value is -1.12. The van der Waals surface area contributed by atoms with Crippen LogP contribution in [0.3, 0.4) is 0 Å². The van der Waals surface area contributed by atoms with E-state index in [4.69, 9.17) is 10.4 Å². The van der Waals surface area contributed by atoms with E-state index in [1.54, 1.807) is 4.90 Å². The van der Waals surface area contributed by atoms with Crippen molar-refractivity contribution in [3.63, 3.8) is 0 Å². The number of rotatable bonds is 6. The fourth-order valence-electron chi connectivity index (χ4n) is 2.41. The Balaban J connectivity index is 2.37.